The van der Waals surface area contributed by atoms with Gasteiger partial charge in [-0.15, -0.1) is 0 Å². The molecule has 1 amide bonds. The van der Waals surface area contributed by atoms with E-state index in [1.54, 1.807) is 12.1 Å². The topological polar surface area (TPSA) is 55.4 Å². The predicted octanol–water partition coefficient (Wildman–Crippen LogP) is 4.46. The molecule has 0 aliphatic carbocycles. The Hall–Kier alpha value is -1.85. The van der Waals surface area contributed by atoms with E-state index in [-0.39, 0.29) is 18.3 Å². The summed E-state index contributed by atoms with van der Waals surface area (Å²) in [5, 5.41) is 3.59. The van der Waals surface area contributed by atoms with E-state index in [4.69, 9.17) is 16.3 Å². The maximum Gasteiger partial charge on any atom is 0.307 e. The Labute approximate surface area is 160 Å². The summed E-state index contributed by atoms with van der Waals surface area (Å²) < 4.78 is 5.62. The molecule has 1 N–H and O–H groups in total. The quantitative estimate of drug-likeness (QED) is 0.668. The molecule has 0 spiro atoms. The molecule has 0 aromatic heterocycles. The van der Waals surface area contributed by atoms with Gasteiger partial charge in [0.25, 0.3) is 0 Å². The van der Waals surface area contributed by atoms with Crippen LogP contribution in [0.2, 0.25) is 5.02 Å². The smallest absolute Gasteiger partial charge is 0.307 e. The van der Waals surface area contributed by atoms with Crippen LogP contribution in [0.1, 0.15) is 30.0 Å². The number of esters is 1. The molecule has 1 unspecified atom stereocenters. The van der Waals surface area contributed by atoms with Gasteiger partial charge in [0, 0.05) is 15.9 Å². The minimum Gasteiger partial charge on any atom is -0.469 e. The maximum atomic E-state index is 12.3. The van der Waals surface area contributed by atoms with Crippen molar-refractivity contribution in [3.8, 4) is 0 Å². The third-order valence-corrected chi connectivity index (χ3v) is 4.48. The SMILES string of the molecule is COC(=O)CC(NC(=O)CCc1ccc(Cl)cc1)c1cccc(Br)c1. The highest BCUT2D eigenvalue weighted by atomic mass is 79.9. The summed E-state index contributed by atoms with van der Waals surface area (Å²) in [6.45, 7) is 0. The highest BCUT2D eigenvalue weighted by Crippen LogP contribution is 2.22. The van der Waals surface area contributed by atoms with E-state index in [2.05, 4.69) is 21.2 Å². The molecule has 2 rings (SSSR count). The first-order valence-corrected chi connectivity index (χ1v) is 9.01. The molecule has 6 heteroatoms. The van der Waals surface area contributed by atoms with Gasteiger partial charge in [0.2, 0.25) is 5.91 Å². The zero-order chi connectivity index (χ0) is 18.2. The predicted molar refractivity (Wildman–Crippen MR) is 101 cm³/mol. The van der Waals surface area contributed by atoms with Crippen LogP contribution in [0.25, 0.3) is 0 Å². The molecule has 1 atom stereocenters. The first-order chi connectivity index (χ1) is 12.0. The molecule has 0 fully saturated rings. The summed E-state index contributed by atoms with van der Waals surface area (Å²) in [7, 11) is 1.34. The van der Waals surface area contributed by atoms with Crippen LogP contribution in [0.3, 0.4) is 0 Å². The van der Waals surface area contributed by atoms with Crippen LogP contribution in [-0.2, 0) is 20.7 Å². The van der Waals surface area contributed by atoms with E-state index in [1.165, 1.54) is 7.11 Å². The van der Waals surface area contributed by atoms with Crippen molar-refractivity contribution in [1.82, 2.24) is 5.32 Å². The second-order valence-corrected chi connectivity index (χ2v) is 6.93. The van der Waals surface area contributed by atoms with Gasteiger partial charge in [-0.05, 0) is 41.8 Å². The molecule has 0 bridgehead atoms. The highest BCUT2D eigenvalue weighted by molar-refractivity contribution is 9.10. The van der Waals surface area contributed by atoms with Gasteiger partial charge in [-0.25, -0.2) is 0 Å². The summed E-state index contributed by atoms with van der Waals surface area (Å²) in [4.78, 5) is 24.0. The number of carbonyl (C=O) groups excluding carboxylic acids is 2. The van der Waals surface area contributed by atoms with E-state index in [0.717, 1.165) is 15.6 Å². The fraction of sp³-hybridized carbons (Fsp3) is 0.263. The molecule has 0 aliphatic heterocycles. The molecule has 0 saturated carbocycles. The van der Waals surface area contributed by atoms with Crippen molar-refractivity contribution in [2.75, 3.05) is 7.11 Å². The summed E-state index contributed by atoms with van der Waals surface area (Å²) in [5.41, 5.74) is 1.88. The summed E-state index contributed by atoms with van der Waals surface area (Å²) in [6, 6.07) is 14.5. The number of ether oxygens (including phenoxy) is 1. The van der Waals surface area contributed by atoms with Crippen LogP contribution in [-0.4, -0.2) is 19.0 Å². The highest BCUT2D eigenvalue weighted by Gasteiger charge is 2.19. The number of benzene rings is 2. The monoisotopic (exact) mass is 423 g/mol. The van der Waals surface area contributed by atoms with Gasteiger partial charge in [0.05, 0.1) is 19.6 Å². The Balaban J connectivity index is 2.01. The largest absolute Gasteiger partial charge is 0.469 e. The Kier molecular flexibility index (Phi) is 7.47. The number of nitrogens with one attached hydrogen (secondary N) is 1. The fourth-order valence-corrected chi connectivity index (χ4v) is 2.94. The van der Waals surface area contributed by atoms with Crippen LogP contribution < -0.4 is 5.32 Å². The molecule has 4 nitrogen and oxygen atoms in total. The van der Waals surface area contributed by atoms with Crippen molar-refractivity contribution in [3.05, 3.63) is 69.2 Å². The number of rotatable bonds is 7. The van der Waals surface area contributed by atoms with E-state index in [0.29, 0.717) is 17.9 Å². The average molecular weight is 425 g/mol. The van der Waals surface area contributed by atoms with E-state index >= 15 is 0 Å². The van der Waals surface area contributed by atoms with Gasteiger partial charge in [0.1, 0.15) is 0 Å². The summed E-state index contributed by atoms with van der Waals surface area (Å²) in [5.74, 6) is -0.494. The Morgan fingerprint density at radius 3 is 2.56 bits per heavy atom. The van der Waals surface area contributed by atoms with Gasteiger partial charge < -0.3 is 10.1 Å². The second kappa shape index (κ2) is 9.59. The normalized spacial score (nSPS) is 11.6. The number of carbonyl (C=O) groups is 2. The van der Waals surface area contributed by atoms with Crippen molar-refractivity contribution in [3.63, 3.8) is 0 Å². The number of hydrogen-bond acceptors (Lipinski definition) is 3. The second-order valence-electron chi connectivity index (χ2n) is 5.58. The molecule has 0 heterocycles. The number of hydrogen-bond donors (Lipinski definition) is 1. The van der Waals surface area contributed by atoms with Gasteiger partial charge in [-0.1, -0.05) is 51.8 Å². The van der Waals surface area contributed by atoms with Crippen LogP contribution in [0.15, 0.2) is 53.0 Å². The summed E-state index contributed by atoms with van der Waals surface area (Å²) in [6.07, 6.45) is 1.01. The minimum atomic E-state index is -0.428. The number of aryl methyl sites for hydroxylation is 1. The lowest BCUT2D eigenvalue weighted by Crippen LogP contribution is -2.30. The van der Waals surface area contributed by atoms with Gasteiger partial charge >= 0.3 is 5.97 Å². The minimum absolute atomic E-state index is 0.0830. The molecular weight excluding hydrogens is 406 g/mol. The Bertz CT molecular complexity index is 734. The standard InChI is InChI=1S/C19H19BrClNO3/c1-25-19(24)12-17(14-3-2-4-15(20)11-14)22-18(23)10-7-13-5-8-16(21)9-6-13/h2-6,8-9,11,17H,7,10,12H2,1H3,(H,22,23). The molecular formula is C19H19BrClNO3. The third-order valence-electron chi connectivity index (χ3n) is 3.74. The first kappa shape index (κ1) is 19.5. The molecule has 0 aliphatic rings. The fourth-order valence-electron chi connectivity index (χ4n) is 2.40. The third kappa shape index (κ3) is 6.52. The molecule has 0 saturated heterocycles. The van der Waals surface area contributed by atoms with Crippen LogP contribution in [0.5, 0.6) is 0 Å². The number of halogens is 2. The number of methoxy groups -OCH3 is 1. The zero-order valence-corrected chi connectivity index (χ0v) is 16.1. The summed E-state index contributed by atoms with van der Waals surface area (Å²) >= 11 is 9.27. The van der Waals surface area contributed by atoms with Crippen LogP contribution in [0.4, 0.5) is 0 Å². The van der Waals surface area contributed by atoms with Crippen molar-refractivity contribution in [1.29, 1.82) is 0 Å². The van der Waals surface area contributed by atoms with E-state index < -0.39 is 6.04 Å². The van der Waals surface area contributed by atoms with Gasteiger partial charge in [-0.2, -0.15) is 0 Å². The van der Waals surface area contributed by atoms with E-state index in [1.807, 2.05) is 36.4 Å². The van der Waals surface area contributed by atoms with Gasteiger partial charge in [0.15, 0.2) is 0 Å². The maximum absolute atomic E-state index is 12.3. The molecule has 2 aromatic carbocycles. The number of amides is 1. The Morgan fingerprint density at radius 2 is 1.92 bits per heavy atom. The first-order valence-electron chi connectivity index (χ1n) is 7.84. The lowest BCUT2D eigenvalue weighted by atomic mass is 10.0. The van der Waals surface area contributed by atoms with Crippen molar-refractivity contribution >= 4 is 39.4 Å². The van der Waals surface area contributed by atoms with E-state index in [9.17, 15) is 9.59 Å². The lowest BCUT2D eigenvalue weighted by molar-refractivity contribution is -0.141. The lowest BCUT2D eigenvalue weighted by Gasteiger charge is -2.18. The zero-order valence-electron chi connectivity index (χ0n) is 13.8. The molecule has 25 heavy (non-hydrogen) atoms. The molecule has 2 aromatic rings. The van der Waals surface area contributed by atoms with Crippen molar-refractivity contribution in [2.24, 2.45) is 0 Å². The van der Waals surface area contributed by atoms with Gasteiger partial charge in [-0.3, -0.25) is 9.59 Å². The molecule has 132 valence electrons. The molecule has 0 radical (unpaired) electrons. The van der Waals surface area contributed by atoms with Crippen LogP contribution >= 0.6 is 27.5 Å². The van der Waals surface area contributed by atoms with Crippen LogP contribution in [0, 0.1) is 0 Å². The Morgan fingerprint density at radius 1 is 1.20 bits per heavy atom. The average Bonchev–Trinajstić information content (AvgIpc) is 2.60. The van der Waals surface area contributed by atoms with Crippen molar-refractivity contribution < 1.29 is 14.3 Å². The van der Waals surface area contributed by atoms with Crippen molar-refractivity contribution in [2.45, 2.75) is 25.3 Å².